The predicted molar refractivity (Wildman–Crippen MR) is 279 cm³/mol. The van der Waals surface area contributed by atoms with Crippen molar-refractivity contribution < 1.29 is 27.1 Å². The van der Waals surface area contributed by atoms with E-state index in [1.807, 2.05) is 78.9 Å². The van der Waals surface area contributed by atoms with Crippen molar-refractivity contribution in [2.24, 2.45) is 0 Å². The SMILES string of the molecule is c1ccc(C(OP2Oc3ccc4ccccc4c3Cc3c(ccc4ccccc34)O2)(c2ccccc2)c2ccccc2OP2Oc3ccc4ccccc4c3Cc3c(ccc4ccccc34)O2)cc1. The van der Waals surface area contributed by atoms with E-state index in [0.717, 1.165) is 76.5 Å². The summed E-state index contributed by atoms with van der Waals surface area (Å²) in [6.45, 7) is 0. The molecule has 0 unspecified atom stereocenters. The number of benzene rings is 11. The fraction of sp³-hybridized carbons (Fsp3) is 0.0492. The molecule has 6 nitrogen and oxygen atoms in total. The molecule has 0 fully saturated rings. The molecular weight excluding hydrogens is 891 g/mol. The van der Waals surface area contributed by atoms with Crippen LogP contribution in [-0.2, 0) is 23.0 Å². The standard InChI is InChI=1S/C61H42O6P2/c1-3-21-45(22-4-1)61(46-23-5-2-6-24-46,67-69-64-58-37-33-43-19-9-13-27-49(43)53(58)40-54-50-28-14-10-20-44(50)34-38-59(54)65-69)55-29-15-16-30-60(55)66-68-62-56-35-31-41-17-7-11-25-47(41)51(56)39-52-48-26-12-8-18-42(48)32-36-57(52)63-68/h1-38H,39-40H2. The van der Waals surface area contributed by atoms with Gasteiger partial charge in [0.2, 0.25) is 0 Å². The summed E-state index contributed by atoms with van der Waals surface area (Å²) in [4.78, 5) is 0. The lowest BCUT2D eigenvalue weighted by Gasteiger charge is -2.38. The molecule has 2 aliphatic rings. The van der Waals surface area contributed by atoms with Gasteiger partial charge in [-0.05, 0) is 84.5 Å². The van der Waals surface area contributed by atoms with E-state index < -0.39 is 22.8 Å². The molecule has 0 radical (unpaired) electrons. The predicted octanol–water partition coefficient (Wildman–Crippen LogP) is 16.6. The molecule has 8 heteroatoms. The smallest absolute Gasteiger partial charge is 0.417 e. The van der Waals surface area contributed by atoms with Gasteiger partial charge in [0.1, 0.15) is 28.7 Å². The summed E-state index contributed by atoms with van der Waals surface area (Å²) < 4.78 is 43.2. The Hall–Kier alpha value is -7.72. The maximum atomic E-state index is 7.76. The highest BCUT2D eigenvalue weighted by Gasteiger charge is 2.46. The van der Waals surface area contributed by atoms with E-state index >= 15 is 0 Å². The molecule has 0 saturated carbocycles. The van der Waals surface area contributed by atoms with E-state index in [2.05, 4.69) is 152 Å². The zero-order valence-electron chi connectivity index (χ0n) is 37.2. The highest BCUT2D eigenvalue weighted by atomic mass is 31.2. The molecular formula is C61H42O6P2. The van der Waals surface area contributed by atoms with Crippen LogP contribution in [0.25, 0.3) is 43.1 Å². The van der Waals surface area contributed by atoms with Crippen molar-refractivity contribution in [2.45, 2.75) is 18.4 Å². The minimum atomic E-state index is -2.21. The molecule has 69 heavy (non-hydrogen) atoms. The molecule has 11 aromatic rings. The normalized spacial score (nSPS) is 13.8. The fourth-order valence-electron chi connectivity index (χ4n) is 10.1. The summed E-state index contributed by atoms with van der Waals surface area (Å²) in [6, 6.07) is 79.0. The third-order valence-corrected chi connectivity index (χ3v) is 15.6. The van der Waals surface area contributed by atoms with E-state index in [1.165, 1.54) is 0 Å². The molecule has 11 aromatic carbocycles. The van der Waals surface area contributed by atoms with Gasteiger partial charge in [-0.1, -0.05) is 200 Å². The average molecular weight is 933 g/mol. The number of para-hydroxylation sites is 1. The first kappa shape index (κ1) is 41.5. The first-order chi connectivity index (χ1) is 34.2. The van der Waals surface area contributed by atoms with Crippen LogP contribution in [0, 0.1) is 0 Å². The second-order valence-corrected chi connectivity index (χ2v) is 19.3. The van der Waals surface area contributed by atoms with Gasteiger partial charge in [0.25, 0.3) is 0 Å². The quantitative estimate of drug-likeness (QED) is 0.117. The number of rotatable bonds is 7. The van der Waals surface area contributed by atoms with Crippen LogP contribution < -0.4 is 22.6 Å². The molecule has 13 rings (SSSR count). The van der Waals surface area contributed by atoms with Gasteiger partial charge in [-0.15, -0.1) is 0 Å². The first-order valence-electron chi connectivity index (χ1n) is 23.1. The van der Waals surface area contributed by atoms with Crippen LogP contribution >= 0.6 is 17.2 Å². The first-order valence-corrected chi connectivity index (χ1v) is 25.3. The van der Waals surface area contributed by atoms with Gasteiger partial charge in [0.15, 0.2) is 5.60 Å². The van der Waals surface area contributed by atoms with Crippen LogP contribution in [0.4, 0.5) is 0 Å². The van der Waals surface area contributed by atoms with Crippen molar-refractivity contribution in [2.75, 3.05) is 0 Å². The highest BCUT2D eigenvalue weighted by Crippen LogP contribution is 2.59. The van der Waals surface area contributed by atoms with Crippen LogP contribution in [-0.4, -0.2) is 0 Å². The van der Waals surface area contributed by atoms with E-state index in [1.54, 1.807) is 0 Å². The van der Waals surface area contributed by atoms with Crippen molar-refractivity contribution in [1.29, 1.82) is 0 Å². The lowest BCUT2D eigenvalue weighted by atomic mass is 9.80. The second kappa shape index (κ2) is 17.4. The topological polar surface area (TPSA) is 55.4 Å². The van der Waals surface area contributed by atoms with E-state index in [4.69, 9.17) is 27.1 Å². The summed E-state index contributed by atoms with van der Waals surface area (Å²) in [5.41, 5.74) is 5.34. The van der Waals surface area contributed by atoms with Crippen LogP contribution in [0.2, 0.25) is 0 Å². The Balaban J connectivity index is 0.987. The van der Waals surface area contributed by atoms with Gasteiger partial charge in [-0.3, -0.25) is 4.52 Å². The number of hydrogen-bond donors (Lipinski definition) is 0. The third kappa shape index (κ3) is 7.41. The minimum absolute atomic E-state index is 0.515. The Labute approximate surface area is 402 Å². The van der Waals surface area contributed by atoms with Gasteiger partial charge < -0.3 is 22.6 Å². The molecule has 0 spiro atoms. The van der Waals surface area contributed by atoms with Gasteiger partial charge in [0.05, 0.1) is 0 Å². The molecule has 0 bridgehead atoms. The Bertz CT molecular complexity index is 3520. The van der Waals surface area contributed by atoms with E-state index in [-0.39, 0.29) is 0 Å². The van der Waals surface area contributed by atoms with E-state index in [0.29, 0.717) is 47.2 Å². The fourth-order valence-corrected chi connectivity index (χ4v) is 12.5. The monoisotopic (exact) mass is 932 g/mol. The Morgan fingerprint density at radius 2 is 0.652 bits per heavy atom. The van der Waals surface area contributed by atoms with Crippen molar-refractivity contribution >= 4 is 60.3 Å². The van der Waals surface area contributed by atoms with Gasteiger partial charge >= 0.3 is 17.2 Å². The largest absolute Gasteiger partial charge is 0.530 e. The molecule has 2 heterocycles. The third-order valence-electron chi connectivity index (χ3n) is 13.4. The van der Waals surface area contributed by atoms with Crippen LogP contribution in [0.15, 0.2) is 231 Å². The zero-order valence-corrected chi connectivity index (χ0v) is 39.0. The Morgan fingerprint density at radius 3 is 1.06 bits per heavy atom. The zero-order chi connectivity index (χ0) is 45.7. The summed E-state index contributed by atoms with van der Waals surface area (Å²) in [5, 5.41) is 9.02. The maximum Gasteiger partial charge on any atom is 0.530 e. The van der Waals surface area contributed by atoms with Gasteiger partial charge in [-0.25, -0.2) is 0 Å². The summed E-state index contributed by atoms with van der Waals surface area (Å²) in [6.07, 6.45) is 1.23. The number of fused-ring (bicyclic) bond motifs is 12. The van der Waals surface area contributed by atoms with Gasteiger partial charge in [0, 0.05) is 40.7 Å². The summed E-state index contributed by atoms with van der Waals surface area (Å²) in [5.74, 6) is 3.34. The molecule has 2 aliphatic heterocycles. The molecule has 0 atom stereocenters. The molecule has 0 aromatic heterocycles. The maximum absolute atomic E-state index is 7.76. The number of hydrogen-bond acceptors (Lipinski definition) is 6. The second-order valence-electron chi connectivity index (χ2n) is 17.3. The van der Waals surface area contributed by atoms with Crippen molar-refractivity contribution in [1.82, 2.24) is 0 Å². The van der Waals surface area contributed by atoms with Crippen LogP contribution in [0.5, 0.6) is 28.7 Å². The molecule has 0 amide bonds. The molecule has 0 N–H and O–H groups in total. The van der Waals surface area contributed by atoms with Crippen molar-refractivity contribution in [3.8, 4) is 28.7 Å². The van der Waals surface area contributed by atoms with Crippen LogP contribution in [0.3, 0.4) is 0 Å². The van der Waals surface area contributed by atoms with Crippen molar-refractivity contribution in [3.63, 3.8) is 0 Å². The summed E-state index contributed by atoms with van der Waals surface area (Å²) in [7, 11) is -4.33. The minimum Gasteiger partial charge on any atom is -0.417 e. The Morgan fingerprint density at radius 1 is 0.319 bits per heavy atom. The van der Waals surface area contributed by atoms with Crippen LogP contribution in [0.1, 0.15) is 38.9 Å². The summed E-state index contributed by atoms with van der Waals surface area (Å²) >= 11 is 0. The van der Waals surface area contributed by atoms with Crippen molar-refractivity contribution in [3.05, 3.63) is 269 Å². The Kier molecular flexibility index (Phi) is 10.5. The molecule has 0 saturated heterocycles. The lowest BCUT2D eigenvalue weighted by Crippen LogP contribution is -2.33. The average Bonchev–Trinajstić information content (AvgIpc) is 3.39. The molecule has 0 aliphatic carbocycles. The van der Waals surface area contributed by atoms with Gasteiger partial charge in [-0.2, -0.15) is 0 Å². The van der Waals surface area contributed by atoms with E-state index in [9.17, 15) is 0 Å². The lowest BCUT2D eigenvalue weighted by molar-refractivity contribution is 0.133. The highest BCUT2D eigenvalue weighted by molar-refractivity contribution is 7.43. The molecule has 332 valence electrons.